The number of ketones is 1. The first-order valence-electron chi connectivity index (χ1n) is 4.33. The van der Waals surface area contributed by atoms with E-state index in [-0.39, 0.29) is 12.4 Å². The minimum Gasteiger partial charge on any atom is -0.463 e. The number of carbonyl (C=O) groups is 2. The zero-order chi connectivity index (χ0) is 10.3. The van der Waals surface area contributed by atoms with Crippen molar-refractivity contribution in [3.63, 3.8) is 0 Å². The van der Waals surface area contributed by atoms with Gasteiger partial charge in [-0.15, -0.1) is 0 Å². The lowest BCUT2D eigenvalue weighted by atomic mass is 10.1. The van der Waals surface area contributed by atoms with E-state index in [0.717, 1.165) is 0 Å². The molecule has 0 aliphatic rings. The summed E-state index contributed by atoms with van der Waals surface area (Å²) in [5, 5.41) is 9.22. The van der Waals surface area contributed by atoms with Crippen LogP contribution < -0.4 is 0 Å². The van der Waals surface area contributed by atoms with E-state index in [4.69, 9.17) is 0 Å². The fourth-order valence-electron chi connectivity index (χ4n) is 0.884. The lowest BCUT2D eigenvalue weighted by Gasteiger charge is -2.08. The van der Waals surface area contributed by atoms with Crippen molar-refractivity contribution in [1.82, 2.24) is 0 Å². The first kappa shape index (κ1) is 12.1. The predicted octanol–water partition coefficient (Wildman–Crippen LogP) is 0.670. The zero-order valence-electron chi connectivity index (χ0n) is 8.08. The average Bonchev–Trinajstić information content (AvgIpc) is 2.00. The van der Waals surface area contributed by atoms with Crippen LogP contribution in [0.2, 0.25) is 0 Å². The normalized spacial score (nSPS) is 12.2. The molecule has 0 radical (unpaired) electrons. The lowest BCUT2D eigenvalue weighted by Crippen LogP contribution is -2.17. The molecule has 0 aromatic heterocycles. The maximum Gasteiger partial charge on any atom is 0.302 e. The molecule has 0 amide bonds. The van der Waals surface area contributed by atoms with Crippen LogP contribution in [-0.2, 0) is 14.3 Å². The van der Waals surface area contributed by atoms with Gasteiger partial charge in [0.25, 0.3) is 0 Å². The summed E-state index contributed by atoms with van der Waals surface area (Å²) < 4.78 is 4.59. The lowest BCUT2D eigenvalue weighted by molar-refractivity contribution is -0.144. The van der Waals surface area contributed by atoms with Gasteiger partial charge in [-0.05, 0) is 19.8 Å². The standard InChI is InChI=1S/C9H16O4/c1-7(10)4-3-5-9(12)6-13-8(2)11/h9,12H,3-6H2,1-2H3. The molecule has 1 N–H and O–H groups in total. The summed E-state index contributed by atoms with van der Waals surface area (Å²) in [6.07, 6.45) is 0.949. The van der Waals surface area contributed by atoms with Crippen molar-refractivity contribution in [1.29, 1.82) is 0 Å². The Balaban J connectivity index is 3.35. The average molecular weight is 188 g/mol. The van der Waals surface area contributed by atoms with Gasteiger partial charge >= 0.3 is 5.97 Å². The van der Waals surface area contributed by atoms with Crippen LogP contribution in [0.25, 0.3) is 0 Å². The van der Waals surface area contributed by atoms with E-state index in [9.17, 15) is 14.7 Å². The number of aliphatic hydroxyl groups excluding tert-OH is 1. The number of aliphatic hydroxyl groups is 1. The number of Topliss-reactive ketones (excluding diaryl/α,β-unsaturated/α-hetero) is 1. The highest BCUT2D eigenvalue weighted by Gasteiger charge is 2.06. The third-order valence-corrected chi connectivity index (χ3v) is 1.55. The first-order chi connectivity index (χ1) is 6.02. The molecule has 4 heteroatoms. The summed E-state index contributed by atoms with van der Waals surface area (Å²) in [5.41, 5.74) is 0. The van der Waals surface area contributed by atoms with Crippen molar-refractivity contribution in [2.24, 2.45) is 0 Å². The van der Waals surface area contributed by atoms with Crippen molar-refractivity contribution in [2.45, 2.75) is 39.2 Å². The summed E-state index contributed by atoms with van der Waals surface area (Å²) >= 11 is 0. The van der Waals surface area contributed by atoms with Gasteiger partial charge in [0.15, 0.2) is 0 Å². The number of hydrogen-bond acceptors (Lipinski definition) is 4. The molecule has 0 rings (SSSR count). The summed E-state index contributed by atoms with van der Waals surface area (Å²) in [6, 6.07) is 0. The van der Waals surface area contributed by atoms with Crippen LogP contribution >= 0.6 is 0 Å². The third-order valence-electron chi connectivity index (χ3n) is 1.55. The zero-order valence-corrected chi connectivity index (χ0v) is 8.08. The SMILES string of the molecule is CC(=O)CCCC(O)COC(C)=O. The Hall–Kier alpha value is -0.900. The fourth-order valence-corrected chi connectivity index (χ4v) is 0.884. The van der Waals surface area contributed by atoms with Crippen molar-refractivity contribution < 1.29 is 19.4 Å². The number of esters is 1. The molecule has 1 atom stereocenters. The van der Waals surface area contributed by atoms with Crippen LogP contribution in [0.15, 0.2) is 0 Å². The van der Waals surface area contributed by atoms with Gasteiger partial charge in [0.2, 0.25) is 0 Å². The van der Waals surface area contributed by atoms with E-state index in [0.29, 0.717) is 19.3 Å². The van der Waals surface area contributed by atoms with Gasteiger partial charge in [0.1, 0.15) is 12.4 Å². The van der Waals surface area contributed by atoms with Crippen LogP contribution in [0.1, 0.15) is 33.1 Å². The van der Waals surface area contributed by atoms with E-state index < -0.39 is 12.1 Å². The molecule has 0 aliphatic carbocycles. The quantitative estimate of drug-likeness (QED) is 0.622. The van der Waals surface area contributed by atoms with Crippen molar-refractivity contribution in [3.8, 4) is 0 Å². The monoisotopic (exact) mass is 188 g/mol. The van der Waals surface area contributed by atoms with Gasteiger partial charge in [0, 0.05) is 13.3 Å². The largest absolute Gasteiger partial charge is 0.463 e. The minimum atomic E-state index is -0.650. The van der Waals surface area contributed by atoms with Crippen LogP contribution in [0.5, 0.6) is 0 Å². The predicted molar refractivity (Wildman–Crippen MR) is 47.2 cm³/mol. The maximum atomic E-state index is 10.5. The van der Waals surface area contributed by atoms with Crippen LogP contribution in [0.3, 0.4) is 0 Å². The molecule has 0 aromatic rings. The Bertz CT molecular complexity index is 176. The summed E-state index contributed by atoms with van der Waals surface area (Å²) in [6.45, 7) is 2.83. The molecule has 0 aliphatic heterocycles. The number of rotatable bonds is 6. The van der Waals surface area contributed by atoms with E-state index in [1.165, 1.54) is 13.8 Å². The Morgan fingerprint density at radius 2 is 2.00 bits per heavy atom. The van der Waals surface area contributed by atoms with E-state index in [1.807, 2.05) is 0 Å². The Labute approximate surface area is 77.9 Å². The molecule has 0 saturated carbocycles. The second kappa shape index (κ2) is 6.60. The Kier molecular flexibility index (Phi) is 6.14. The molecule has 0 spiro atoms. The third kappa shape index (κ3) is 9.01. The van der Waals surface area contributed by atoms with Gasteiger partial charge in [-0.3, -0.25) is 4.79 Å². The summed E-state index contributed by atoms with van der Waals surface area (Å²) in [4.78, 5) is 20.9. The van der Waals surface area contributed by atoms with E-state index >= 15 is 0 Å². The maximum absolute atomic E-state index is 10.5. The summed E-state index contributed by atoms with van der Waals surface area (Å²) in [5.74, 6) is -0.287. The highest BCUT2D eigenvalue weighted by molar-refractivity contribution is 5.75. The van der Waals surface area contributed by atoms with Crippen LogP contribution in [-0.4, -0.2) is 29.6 Å². The van der Waals surface area contributed by atoms with Crippen LogP contribution in [0, 0.1) is 0 Å². The number of hydrogen-bond donors (Lipinski definition) is 1. The van der Waals surface area contributed by atoms with Gasteiger partial charge in [-0.1, -0.05) is 0 Å². The topological polar surface area (TPSA) is 63.6 Å². The van der Waals surface area contributed by atoms with Gasteiger partial charge in [0.05, 0.1) is 6.10 Å². The van der Waals surface area contributed by atoms with Crippen LogP contribution in [0.4, 0.5) is 0 Å². The first-order valence-corrected chi connectivity index (χ1v) is 4.33. The van der Waals surface area contributed by atoms with Crippen molar-refractivity contribution in [2.75, 3.05) is 6.61 Å². The van der Waals surface area contributed by atoms with Crippen molar-refractivity contribution >= 4 is 11.8 Å². The molecule has 0 saturated heterocycles. The van der Waals surface area contributed by atoms with E-state index in [1.54, 1.807) is 0 Å². The molecule has 0 heterocycles. The minimum absolute atomic E-state index is 0.0211. The molecular weight excluding hydrogens is 172 g/mol. The molecule has 0 fully saturated rings. The Morgan fingerprint density at radius 1 is 1.38 bits per heavy atom. The van der Waals surface area contributed by atoms with E-state index in [2.05, 4.69) is 4.74 Å². The number of carbonyl (C=O) groups excluding carboxylic acids is 2. The molecule has 0 bridgehead atoms. The number of ether oxygens (including phenoxy) is 1. The molecule has 13 heavy (non-hydrogen) atoms. The second-order valence-corrected chi connectivity index (χ2v) is 3.05. The second-order valence-electron chi connectivity index (χ2n) is 3.05. The molecule has 0 aromatic carbocycles. The molecule has 1 unspecified atom stereocenters. The smallest absolute Gasteiger partial charge is 0.302 e. The van der Waals surface area contributed by atoms with Crippen molar-refractivity contribution in [3.05, 3.63) is 0 Å². The highest BCUT2D eigenvalue weighted by atomic mass is 16.5. The molecular formula is C9H16O4. The van der Waals surface area contributed by atoms with Gasteiger partial charge < -0.3 is 14.6 Å². The summed E-state index contributed by atoms with van der Waals surface area (Å²) in [7, 11) is 0. The Morgan fingerprint density at radius 3 is 2.46 bits per heavy atom. The fraction of sp³-hybridized carbons (Fsp3) is 0.778. The molecule has 76 valence electrons. The highest BCUT2D eigenvalue weighted by Crippen LogP contribution is 2.01. The van der Waals surface area contributed by atoms with Gasteiger partial charge in [-0.2, -0.15) is 0 Å². The molecule has 4 nitrogen and oxygen atoms in total. The van der Waals surface area contributed by atoms with Gasteiger partial charge in [-0.25, -0.2) is 0 Å².